The second kappa shape index (κ2) is 9.19. The molecule has 0 unspecified atom stereocenters. The molecule has 2 aliphatic heterocycles. The van der Waals surface area contributed by atoms with E-state index in [1.54, 1.807) is 0 Å². The quantitative estimate of drug-likeness (QED) is 0.527. The van der Waals surface area contributed by atoms with Gasteiger partial charge >= 0.3 is 0 Å². The summed E-state index contributed by atoms with van der Waals surface area (Å²) in [6.07, 6.45) is 0. The minimum absolute atomic E-state index is 0.00189. The first-order chi connectivity index (χ1) is 16.4. The van der Waals surface area contributed by atoms with Gasteiger partial charge in [0.15, 0.2) is 11.6 Å². The number of tetrazole rings is 1. The summed E-state index contributed by atoms with van der Waals surface area (Å²) in [4.78, 5) is 6.50. The highest BCUT2D eigenvalue weighted by atomic mass is 32.2. The molecule has 34 heavy (non-hydrogen) atoms. The number of benzene rings is 1. The van der Waals surface area contributed by atoms with Gasteiger partial charge in [-0.2, -0.15) is 9.52 Å². The third-order valence-corrected chi connectivity index (χ3v) is 8.08. The smallest absolute Gasteiger partial charge is 0.243 e. The fraction of sp³-hybridized carbons (Fsp3) is 0.450. The molecule has 2 aromatic heterocycles. The summed E-state index contributed by atoms with van der Waals surface area (Å²) >= 11 is 0. The van der Waals surface area contributed by atoms with Crippen LogP contribution < -0.4 is 9.80 Å². The third kappa shape index (κ3) is 4.43. The number of halogens is 1. The minimum atomic E-state index is -3.82. The number of H-pyrrole nitrogens is 1. The molecule has 0 bridgehead atoms. The Morgan fingerprint density at radius 2 is 1.47 bits per heavy atom. The van der Waals surface area contributed by atoms with E-state index in [4.69, 9.17) is 0 Å². The van der Waals surface area contributed by atoms with Crippen LogP contribution in [0.1, 0.15) is 0 Å². The molecule has 2 fully saturated rings. The molecule has 1 N–H and O–H groups in total. The van der Waals surface area contributed by atoms with E-state index in [0.717, 1.165) is 43.9 Å². The summed E-state index contributed by atoms with van der Waals surface area (Å²) in [6, 6.07) is 7.50. The van der Waals surface area contributed by atoms with Crippen LogP contribution in [0.15, 0.2) is 35.2 Å². The Balaban J connectivity index is 1.25. The van der Waals surface area contributed by atoms with Crippen molar-refractivity contribution in [2.75, 3.05) is 69.2 Å². The summed E-state index contributed by atoms with van der Waals surface area (Å²) in [5.74, 6) is 0.949. The maximum atomic E-state index is 14.2. The molecule has 180 valence electrons. The lowest BCUT2D eigenvalue weighted by Gasteiger charge is -2.35. The zero-order valence-corrected chi connectivity index (χ0v) is 19.5. The zero-order valence-electron chi connectivity index (χ0n) is 18.7. The van der Waals surface area contributed by atoms with E-state index in [2.05, 4.69) is 47.7 Å². The highest BCUT2D eigenvalue weighted by Gasteiger charge is 2.30. The Kier molecular flexibility index (Phi) is 6.10. The van der Waals surface area contributed by atoms with Gasteiger partial charge in [-0.05, 0) is 42.6 Å². The van der Waals surface area contributed by atoms with Crippen molar-refractivity contribution in [2.45, 2.75) is 4.90 Å². The average Bonchev–Trinajstić information content (AvgIpc) is 3.40. The molecule has 2 aliphatic rings. The molecule has 1 aromatic carbocycles. The Labute approximate surface area is 196 Å². The molecule has 0 atom stereocenters. The molecule has 0 aliphatic carbocycles. The van der Waals surface area contributed by atoms with Crippen LogP contribution in [0.3, 0.4) is 0 Å². The predicted octanol–water partition coefficient (Wildman–Crippen LogP) is 0.0585. The van der Waals surface area contributed by atoms with Crippen molar-refractivity contribution in [2.24, 2.45) is 0 Å². The molecule has 14 heteroatoms. The first kappa shape index (κ1) is 22.6. The number of anilines is 2. The van der Waals surface area contributed by atoms with E-state index < -0.39 is 15.8 Å². The van der Waals surface area contributed by atoms with Crippen LogP contribution >= 0.6 is 0 Å². The van der Waals surface area contributed by atoms with Gasteiger partial charge in [0.25, 0.3) is 0 Å². The van der Waals surface area contributed by atoms with Crippen LogP contribution in [0.5, 0.6) is 0 Å². The highest BCUT2D eigenvalue weighted by molar-refractivity contribution is 7.89. The first-order valence-corrected chi connectivity index (χ1v) is 12.4. The summed E-state index contributed by atoms with van der Waals surface area (Å²) < 4.78 is 42.0. The maximum absolute atomic E-state index is 14.2. The Morgan fingerprint density at radius 3 is 2.03 bits per heavy atom. The van der Waals surface area contributed by atoms with Gasteiger partial charge in [-0.15, -0.1) is 20.4 Å². The largest absolute Gasteiger partial charge is 0.353 e. The van der Waals surface area contributed by atoms with Crippen molar-refractivity contribution in [3.63, 3.8) is 0 Å². The lowest BCUT2D eigenvalue weighted by atomic mass is 10.2. The molecule has 4 heterocycles. The van der Waals surface area contributed by atoms with Gasteiger partial charge in [-0.3, -0.25) is 0 Å². The Hall–Kier alpha value is -3.23. The molecule has 2 saturated heterocycles. The van der Waals surface area contributed by atoms with Gasteiger partial charge in [-0.1, -0.05) is 0 Å². The summed E-state index contributed by atoms with van der Waals surface area (Å²) in [7, 11) is -1.71. The normalized spacial score (nSPS) is 18.4. The molecule has 12 nitrogen and oxygen atoms in total. The summed E-state index contributed by atoms with van der Waals surface area (Å²) in [6.45, 7) is 5.31. The number of aromatic amines is 1. The van der Waals surface area contributed by atoms with Crippen LogP contribution in [0.25, 0.3) is 11.4 Å². The van der Waals surface area contributed by atoms with E-state index in [1.807, 2.05) is 17.0 Å². The van der Waals surface area contributed by atoms with E-state index in [0.29, 0.717) is 13.1 Å². The minimum Gasteiger partial charge on any atom is -0.353 e. The molecule has 0 saturated carbocycles. The molecular weight excluding hydrogens is 463 g/mol. The van der Waals surface area contributed by atoms with Crippen LogP contribution in [0.2, 0.25) is 0 Å². The number of piperazine rings is 2. The van der Waals surface area contributed by atoms with Crippen molar-refractivity contribution in [3.8, 4) is 11.4 Å². The number of hydrogen-bond donors (Lipinski definition) is 1. The number of aromatic nitrogens is 6. The van der Waals surface area contributed by atoms with Gasteiger partial charge in [0.05, 0.1) is 10.5 Å². The van der Waals surface area contributed by atoms with Crippen LogP contribution in [0.4, 0.5) is 16.0 Å². The lowest BCUT2D eigenvalue weighted by molar-refractivity contribution is 0.312. The molecule has 3 aromatic rings. The second-order valence-electron chi connectivity index (χ2n) is 8.31. The topological polar surface area (TPSA) is 127 Å². The Bertz CT molecular complexity index is 1220. The predicted molar refractivity (Wildman–Crippen MR) is 122 cm³/mol. The number of sulfonamides is 1. The number of nitrogens with zero attached hydrogens (tertiary/aromatic N) is 9. The van der Waals surface area contributed by atoms with E-state index in [1.165, 1.54) is 16.4 Å². The van der Waals surface area contributed by atoms with Gasteiger partial charge in [0.1, 0.15) is 5.82 Å². The summed E-state index contributed by atoms with van der Waals surface area (Å²) in [5.41, 5.74) is -0.0239. The highest BCUT2D eigenvalue weighted by Crippen LogP contribution is 2.26. The maximum Gasteiger partial charge on any atom is 0.243 e. The second-order valence-corrected chi connectivity index (χ2v) is 10.2. The fourth-order valence-corrected chi connectivity index (χ4v) is 5.56. The average molecular weight is 489 g/mol. The first-order valence-electron chi connectivity index (χ1n) is 11.0. The molecule has 0 amide bonds. The van der Waals surface area contributed by atoms with Gasteiger partial charge in [-0.25, -0.2) is 12.8 Å². The van der Waals surface area contributed by atoms with Crippen molar-refractivity contribution in [1.82, 2.24) is 40.0 Å². The van der Waals surface area contributed by atoms with Crippen LogP contribution in [-0.2, 0) is 10.0 Å². The number of nitrogens with one attached hydrogen (secondary N) is 1. The fourth-order valence-electron chi connectivity index (χ4n) is 4.11. The van der Waals surface area contributed by atoms with Gasteiger partial charge in [0, 0.05) is 52.4 Å². The number of rotatable bonds is 5. The molecular formula is C20H25FN10O2S. The lowest BCUT2D eigenvalue weighted by Crippen LogP contribution is -2.49. The zero-order chi connectivity index (χ0) is 23.7. The molecule has 0 spiro atoms. The van der Waals surface area contributed by atoms with E-state index in [-0.39, 0.29) is 29.4 Å². The summed E-state index contributed by atoms with van der Waals surface area (Å²) in [5, 5.41) is 21.9. The van der Waals surface area contributed by atoms with Gasteiger partial charge in [0.2, 0.25) is 15.8 Å². The van der Waals surface area contributed by atoms with E-state index in [9.17, 15) is 12.8 Å². The van der Waals surface area contributed by atoms with Crippen LogP contribution in [-0.4, -0.2) is 108 Å². The number of hydrogen-bond acceptors (Lipinski definition) is 10. The van der Waals surface area contributed by atoms with Crippen LogP contribution in [0, 0.1) is 5.82 Å². The van der Waals surface area contributed by atoms with E-state index >= 15 is 0 Å². The van der Waals surface area contributed by atoms with Crippen molar-refractivity contribution >= 4 is 21.7 Å². The van der Waals surface area contributed by atoms with Crippen molar-refractivity contribution in [1.29, 1.82) is 0 Å². The number of likely N-dealkylation sites (N-methyl/N-ethyl adjacent to an activating group) is 1. The molecule has 5 rings (SSSR count). The van der Waals surface area contributed by atoms with Crippen molar-refractivity contribution < 1.29 is 12.8 Å². The Morgan fingerprint density at radius 1 is 0.853 bits per heavy atom. The third-order valence-electron chi connectivity index (χ3n) is 6.19. The molecule has 0 radical (unpaired) electrons. The van der Waals surface area contributed by atoms with Gasteiger partial charge < -0.3 is 14.7 Å². The standard InChI is InChI=1S/C20H25FN10O2S/c1-28-6-8-29(9-7-28)18-4-5-19(23-22-18)30-10-12-31(13-11-30)34(32,33)15-2-3-17(21)16(14-15)20-24-26-27-25-20/h2-5,14H,6-13H2,1H3,(H,24,25,26,27). The van der Waals surface area contributed by atoms with Crippen molar-refractivity contribution in [3.05, 3.63) is 36.1 Å². The SMILES string of the molecule is CN1CCN(c2ccc(N3CCN(S(=O)(=O)c4ccc(F)c(-c5nn[nH]n5)c4)CC3)nn2)CC1. The monoisotopic (exact) mass is 488 g/mol.